The number of aromatic nitrogens is 5. The number of anilines is 3. The van der Waals surface area contributed by atoms with Gasteiger partial charge in [-0.2, -0.15) is 0 Å². The topological polar surface area (TPSA) is 101 Å². The van der Waals surface area contributed by atoms with E-state index in [0.29, 0.717) is 40.3 Å². The van der Waals surface area contributed by atoms with Gasteiger partial charge in [-0.3, -0.25) is 0 Å². The first-order chi connectivity index (χ1) is 16.5. The predicted octanol–water partition coefficient (Wildman–Crippen LogP) is 6.09. The molecule has 170 valence electrons. The van der Waals surface area contributed by atoms with E-state index in [-0.39, 0.29) is 5.02 Å². The Kier molecular flexibility index (Phi) is 5.69. The fourth-order valence-corrected chi connectivity index (χ4v) is 3.60. The van der Waals surface area contributed by atoms with E-state index in [9.17, 15) is 4.39 Å². The van der Waals surface area contributed by atoms with Crippen LogP contribution < -0.4 is 15.4 Å². The summed E-state index contributed by atoms with van der Waals surface area (Å²) in [5.41, 5.74) is 4.22. The number of halogens is 2. The fourth-order valence-electron chi connectivity index (χ4n) is 3.44. The van der Waals surface area contributed by atoms with Crippen molar-refractivity contribution >= 4 is 40.2 Å². The van der Waals surface area contributed by atoms with Gasteiger partial charge in [0.25, 0.3) is 0 Å². The number of nitrogens with zero attached hydrogens (tertiary/aromatic N) is 4. The maximum atomic E-state index is 13.7. The second-order valence-corrected chi connectivity index (χ2v) is 7.86. The van der Waals surface area contributed by atoms with Crippen LogP contribution in [0.15, 0.2) is 60.9 Å². The zero-order valence-electron chi connectivity index (χ0n) is 18.2. The monoisotopic (exact) mass is 475 g/mol. The van der Waals surface area contributed by atoms with E-state index >= 15 is 0 Å². The molecule has 0 radical (unpaired) electrons. The number of H-pyrrole nitrogens is 1. The molecule has 8 nitrogen and oxygen atoms in total. The van der Waals surface area contributed by atoms with E-state index in [2.05, 4.69) is 35.6 Å². The number of imidazole rings is 1. The van der Waals surface area contributed by atoms with Crippen LogP contribution in [0, 0.1) is 12.7 Å². The van der Waals surface area contributed by atoms with Gasteiger partial charge in [0.2, 0.25) is 17.8 Å². The maximum absolute atomic E-state index is 13.7. The third-order valence-electron chi connectivity index (χ3n) is 5.09. The van der Waals surface area contributed by atoms with Crippen LogP contribution in [0.1, 0.15) is 5.56 Å². The number of ether oxygens (including phenoxy) is 1. The number of fused-ring (bicyclic) bond motifs is 1. The summed E-state index contributed by atoms with van der Waals surface area (Å²) in [4.78, 5) is 20.5. The van der Waals surface area contributed by atoms with Crippen LogP contribution in [0.5, 0.6) is 11.6 Å². The van der Waals surface area contributed by atoms with Crippen LogP contribution in [0.25, 0.3) is 22.3 Å². The van der Waals surface area contributed by atoms with Crippen LogP contribution in [-0.2, 0) is 0 Å². The lowest BCUT2D eigenvalue weighted by molar-refractivity contribution is 0.461. The lowest BCUT2D eigenvalue weighted by Crippen LogP contribution is -1.99. The quantitative estimate of drug-likeness (QED) is 0.273. The van der Waals surface area contributed by atoms with Crippen molar-refractivity contribution < 1.29 is 9.13 Å². The Morgan fingerprint density at radius 2 is 1.91 bits per heavy atom. The first-order valence-electron chi connectivity index (χ1n) is 10.4. The number of pyridine rings is 1. The van der Waals surface area contributed by atoms with Crippen LogP contribution in [0.4, 0.5) is 22.0 Å². The molecule has 3 heterocycles. The Balaban J connectivity index is 1.39. The first kappa shape index (κ1) is 21.6. The molecule has 5 aromatic rings. The molecular weight excluding hydrogens is 457 g/mol. The number of nitrogens with one attached hydrogen (secondary N) is 3. The third-order valence-corrected chi connectivity index (χ3v) is 5.38. The minimum Gasteiger partial charge on any atom is -0.438 e. The molecule has 34 heavy (non-hydrogen) atoms. The van der Waals surface area contributed by atoms with Crippen molar-refractivity contribution in [2.45, 2.75) is 6.92 Å². The molecule has 0 aliphatic rings. The minimum atomic E-state index is -0.500. The van der Waals surface area contributed by atoms with Crippen molar-refractivity contribution in [3.63, 3.8) is 0 Å². The molecule has 5 rings (SSSR count). The summed E-state index contributed by atoms with van der Waals surface area (Å²) in [6, 6.07) is 13.9. The number of aromatic amines is 1. The number of benzene rings is 2. The van der Waals surface area contributed by atoms with Crippen molar-refractivity contribution in [1.82, 2.24) is 24.9 Å². The molecule has 0 bridgehead atoms. The fraction of sp³-hybridized carbons (Fsp3) is 0.0833. The molecule has 10 heteroatoms. The number of hydrogen-bond donors (Lipinski definition) is 3. The van der Waals surface area contributed by atoms with Crippen molar-refractivity contribution in [2.75, 3.05) is 17.7 Å². The Labute approximate surface area is 199 Å². The van der Waals surface area contributed by atoms with Gasteiger partial charge in [0, 0.05) is 31.2 Å². The summed E-state index contributed by atoms with van der Waals surface area (Å²) in [5, 5.41) is 6.15. The van der Waals surface area contributed by atoms with Crippen LogP contribution in [-0.4, -0.2) is 32.0 Å². The van der Waals surface area contributed by atoms with E-state index in [1.807, 2.05) is 37.3 Å². The highest BCUT2D eigenvalue weighted by molar-refractivity contribution is 6.31. The van der Waals surface area contributed by atoms with Gasteiger partial charge in [0.05, 0.1) is 27.3 Å². The zero-order valence-corrected chi connectivity index (χ0v) is 19.0. The van der Waals surface area contributed by atoms with Gasteiger partial charge in [-0.25, -0.2) is 24.3 Å². The smallest absolute Gasteiger partial charge is 0.228 e. The molecule has 0 saturated carbocycles. The molecule has 3 aromatic heterocycles. The standard InChI is InChI=1S/C24H19ClFN7O/c1-13-10-14(30-24-32-19-11-16(25)17(26)12-20(19)33-24)5-6-21(13)34-22-15(4-3-8-28-22)18-7-9-29-23(27-2)31-18/h3-12H,1-2H3,(H,27,29,31)(H2,30,32,33). The van der Waals surface area contributed by atoms with Crippen molar-refractivity contribution in [1.29, 1.82) is 0 Å². The molecule has 2 aromatic carbocycles. The largest absolute Gasteiger partial charge is 0.438 e. The zero-order chi connectivity index (χ0) is 23.7. The highest BCUT2D eigenvalue weighted by Crippen LogP contribution is 2.33. The van der Waals surface area contributed by atoms with Gasteiger partial charge >= 0.3 is 0 Å². The van der Waals surface area contributed by atoms with E-state index in [1.54, 1.807) is 25.5 Å². The molecule has 0 saturated heterocycles. The maximum Gasteiger partial charge on any atom is 0.228 e. The number of rotatable bonds is 6. The van der Waals surface area contributed by atoms with E-state index in [1.165, 1.54) is 12.1 Å². The van der Waals surface area contributed by atoms with E-state index in [0.717, 1.165) is 16.8 Å². The van der Waals surface area contributed by atoms with Gasteiger partial charge in [0.1, 0.15) is 11.6 Å². The van der Waals surface area contributed by atoms with Crippen molar-refractivity contribution in [3.8, 4) is 22.9 Å². The van der Waals surface area contributed by atoms with Crippen molar-refractivity contribution in [2.24, 2.45) is 0 Å². The molecule has 0 spiro atoms. The highest BCUT2D eigenvalue weighted by atomic mass is 35.5. The molecule has 0 amide bonds. The lowest BCUT2D eigenvalue weighted by atomic mass is 10.2. The summed E-state index contributed by atoms with van der Waals surface area (Å²) >= 11 is 5.85. The summed E-state index contributed by atoms with van der Waals surface area (Å²) in [7, 11) is 1.76. The van der Waals surface area contributed by atoms with Crippen LogP contribution in [0.3, 0.4) is 0 Å². The van der Waals surface area contributed by atoms with Crippen molar-refractivity contribution in [3.05, 3.63) is 77.3 Å². The summed E-state index contributed by atoms with van der Waals surface area (Å²) < 4.78 is 19.9. The summed E-state index contributed by atoms with van der Waals surface area (Å²) in [5.74, 6) is 1.56. The lowest BCUT2D eigenvalue weighted by Gasteiger charge is -2.13. The minimum absolute atomic E-state index is 0.0286. The van der Waals surface area contributed by atoms with Gasteiger partial charge in [-0.1, -0.05) is 11.6 Å². The van der Waals surface area contributed by atoms with Gasteiger partial charge in [-0.15, -0.1) is 0 Å². The highest BCUT2D eigenvalue weighted by Gasteiger charge is 2.13. The van der Waals surface area contributed by atoms with Gasteiger partial charge in [-0.05, 0) is 55.0 Å². The SMILES string of the molecule is CNc1nccc(-c2cccnc2Oc2ccc(Nc3nc4cc(Cl)c(F)cc4[nH]3)cc2C)n1. The average Bonchev–Trinajstić information content (AvgIpc) is 3.22. The summed E-state index contributed by atoms with van der Waals surface area (Å²) in [6.07, 6.45) is 3.35. The van der Waals surface area contributed by atoms with Crippen LogP contribution in [0.2, 0.25) is 5.02 Å². The van der Waals surface area contributed by atoms with Gasteiger partial charge in [0.15, 0.2) is 0 Å². The normalized spacial score (nSPS) is 10.9. The van der Waals surface area contributed by atoms with E-state index < -0.39 is 5.82 Å². The average molecular weight is 476 g/mol. The molecule has 0 unspecified atom stereocenters. The second-order valence-electron chi connectivity index (χ2n) is 7.45. The molecule has 3 N–H and O–H groups in total. The molecule has 0 aliphatic carbocycles. The Hall–Kier alpha value is -4.24. The molecule has 0 aliphatic heterocycles. The second kappa shape index (κ2) is 8.95. The molecule has 0 atom stereocenters. The first-order valence-corrected chi connectivity index (χ1v) is 10.7. The Bertz CT molecular complexity index is 1470. The molecule has 0 fully saturated rings. The van der Waals surface area contributed by atoms with E-state index in [4.69, 9.17) is 16.3 Å². The van der Waals surface area contributed by atoms with Crippen LogP contribution >= 0.6 is 11.6 Å². The third kappa shape index (κ3) is 4.33. The van der Waals surface area contributed by atoms with Gasteiger partial charge < -0.3 is 20.4 Å². The molecular formula is C24H19ClFN7O. The number of aryl methyl sites for hydroxylation is 1. The Morgan fingerprint density at radius 3 is 2.74 bits per heavy atom. The Morgan fingerprint density at radius 1 is 1.03 bits per heavy atom. The predicted molar refractivity (Wildman–Crippen MR) is 130 cm³/mol. The summed E-state index contributed by atoms with van der Waals surface area (Å²) in [6.45, 7) is 1.93. The number of hydrogen-bond acceptors (Lipinski definition) is 7.